The van der Waals surface area contributed by atoms with Crippen molar-refractivity contribution in [2.75, 3.05) is 0 Å². The Morgan fingerprint density at radius 1 is 0.750 bits per heavy atom. The molecule has 0 saturated carbocycles. The zero-order valence-electron chi connectivity index (χ0n) is 1.63. The van der Waals surface area contributed by atoms with Crippen molar-refractivity contribution in [1.29, 1.82) is 0 Å². The van der Waals surface area contributed by atoms with Gasteiger partial charge in [0, 0.05) is 0 Å². The van der Waals surface area contributed by atoms with Crippen LogP contribution in [-0.4, -0.2) is 5.48 Å². The molecule has 0 rings (SSSR count). The summed E-state index contributed by atoms with van der Waals surface area (Å²) in [5.74, 6) is 0. The number of hydrogen-bond donors (Lipinski definition) is 0. The minimum Gasteiger partial charge on any atom is -1.00 e. The Kier molecular flexibility index (Phi) is 16600. The summed E-state index contributed by atoms with van der Waals surface area (Å²) in [6, 6.07) is 0. The molecule has 0 aliphatic heterocycles. The van der Waals surface area contributed by atoms with E-state index >= 15 is 0 Å². The first-order valence-electron chi connectivity index (χ1n) is 0. The maximum absolute atomic E-state index is 0. The molecule has 4 heavy (non-hydrogen) atoms. The molecule has 0 aliphatic rings. The van der Waals surface area contributed by atoms with Crippen LogP contribution in [0.2, 0.25) is 0 Å². The molecule has 1 radical (unpaired) electrons. The third-order valence-corrected chi connectivity index (χ3v) is 0. The molecule has 0 atom stereocenters. The van der Waals surface area contributed by atoms with Gasteiger partial charge < -0.3 is 14.9 Å². The minimum absolute atomic E-state index is 0. The SMILES string of the molecule is O.[F-].[F-].[Mn+2]. The minimum atomic E-state index is 0. The Morgan fingerprint density at radius 2 is 0.750 bits per heavy atom. The summed E-state index contributed by atoms with van der Waals surface area (Å²) in [6.45, 7) is 0. The fraction of sp³-hybridized carbons (Fsp3) is 0. The van der Waals surface area contributed by atoms with Crippen molar-refractivity contribution >= 4 is 0 Å². The molecule has 0 aromatic heterocycles. The first-order chi connectivity index (χ1) is 0. The first kappa shape index (κ1) is 420. The average molecular weight is 111 g/mol. The smallest absolute Gasteiger partial charge is 1.00 e. The number of hydrogen-bond acceptors (Lipinski definition) is 0. The molecule has 4 heteroatoms. The van der Waals surface area contributed by atoms with Gasteiger partial charge in [-0.05, 0) is 0 Å². The molecule has 0 aliphatic carbocycles. The molecule has 1 nitrogen and oxygen atoms in total. The Balaban J connectivity index is 0. The molecule has 0 heterocycles. The van der Waals surface area contributed by atoms with E-state index in [0.717, 1.165) is 0 Å². The Bertz CT molecular complexity index is 6.00. The summed E-state index contributed by atoms with van der Waals surface area (Å²) >= 11 is 0. The van der Waals surface area contributed by atoms with Crippen LogP contribution in [0.1, 0.15) is 0 Å². The topological polar surface area (TPSA) is 31.5 Å². The summed E-state index contributed by atoms with van der Waals surface area (Å²) in [5, 5.41) is 0. The second kappa shape index (κ2) is 159. The quantitative estimate of drug-likeness (QED) is 0.278. The molecule has 0 fully saturated rings. The van der Waals surface area contributed by atoms with Crippen LogP contribution in [0, 0.1) is 0 Å². The molecule has 0 spiro atoms. The maximum Gasteiger partial charge on any atom is 2.00 e. The second-order valence-corrected chi connectivity index (χ2v) is 0. The molecule has 0 bridgehead atoms. The standard InChI is InChI=1S/2FH.Mn.H2O/h2*1H;;1H2/q;;+2;/p-2. The molecule has 0 aromatic rings. The zero-order chi connectivity index (χ0) is 0. The third-order valence-electron chi connectivity index (χ3n) is 0. The number of rotatable bonds is 0. The molecule has 2 N–H and O–H groups in total. The van der Waals surface area contributed by atoms with Crippen LogP contribution < -0.4 is 9.41 Å². The van der Waals surface area contributed by atoms with E-state index < -0.39 is 0 Å². The number of halogens is 2. The van der Waals surface area contributed by atoms with E-state index in [2.05, 4.69) is 0 Å². The van der Waals surface area contributed by atoms with Crippen molar-refractivity contribution < 1.29 is 32.0 Å². The van der Waals surface area contributed by atoms with E-state index in [0.29, 0.717) is 0 Å². The molecule has 0 amide bonds. The van der Waals surface area contributed by atoms with Gasteiger partial charge in [0.2, 0.25) is 0 Å². The fourth-order valence-corrected chi connectivity index (χ4v) is 0. The van der Waals surface area contributed by atoms with Crippen LogP contribution in [-0.2, 0) is 17.1 Å². The fourth-order valence-electron chi connectivity index (χ4n) is 0. The van der Waals surface area contributed by atoms with Gasteiger partial charge in [0.05, 0.1) is 0 Å². The van der Waals surface area contributed by atoms with Gasteiger partial charge in [-0.3, -0.25) is 0 Å². The van der Waals surface area contributed by atoms with E-state index in [9.17, 15) is 0 Å². The van der Waals surface area contributed by atoms with Gasteiger partial charge in [0.1, 0.15) is 0 Å². The van der Waals surface area contributed by atoms with Crippen LogP contribution >= 0.6 is 0 Å². The molecule has 0 aromatic carbocycles. The van der Waals surface area contributed by atoms with Crippen molar-refractivity contribution in [1.82, 2.24) is 0 Å². The monoisotopic (exact) mass is 111 g/mol. The van der Waals surface area contributed by atoms with Crippen LogP contribution in [0.5, 0.6) is 0 Å². The Morgan fingerprint density at radius 3 is 0.750 bits per heavy atom. The van der Waals surface area contributed by atoms with Crippen LogP contribution in [0.15, 0.2) is 0 Å². The van der Waals surface area contributed by atoms with E-state index in [1.54, 1.807) is 0 Å². The van der Waals surface area contributed by atoms with Gasteiger partial charge in [-0.2, -0.15) is 0 Å². The molecular weight excluding hydrogens is 109 g/mol. The summed E-state index contributed by atoms with van der Waals surface area (Å²) in [4.78, 5) is 0. The second-order valence-electron chi connectivity index (χ2n) is 0. The Hall–Kier alpha value is 0.339. The summed E-state index contributed by atoms with van der Waals surface area (Å²) in [6.07, 6.45) is 0. The predicted octanol–water partition coefficient (Wildman–Crippen LogP) is -6.82. The van der Waals surface area contributed by atoms with Crippen LogP contribution in [0.4, 0.5) is 0 Å². The van der Waals surface area contributed by atoms with E-state index in [-0.39, 0.29) is 32.0 Å². The van der Waals surface area contributed by atoms with Gasteiger partial charge in [-0.15, -0.1) is 0 Å². The Labute approximate surface area is 32.9 Å². The third kappa shape index (κ3) is 36.4. The van der Waals surface area contributed by atoms with Gasteiger partial charge in [-0.25, -0.2) is 0 Å². The summed E-state index contributed by atoms with van der Waals surface area (Å²) in [5.41, 5.74) is 0. The van der Waals surface area contributed by atoms with E-state index in [1.165, 1.54) is 0 Å². The summed E-state index contributed by atoms with van der Waals surface area (Å²) < 4.78 is 0. The van der Waals surface area contributed by atoms with E-state index in [4.69, 9.17) is 0 Å². The van der Waals surface area contributed by atoms with Crippen LogP contribution in [0.25, 0.3) is 0 Å². The van der Waals surface area contributed by atoms with Crippen molar-refractivity contribution in [3.63, 3.8) is 0 Å². The van der Waals surface area contributed by atoms with Gasteiger partial charge in [0.15, 0.2) is 0 Å². The molecule has 0 unspecified atom stereocenters. The van der Waals surface area contributed by atoms with Gasteiger partial charge in [-0.1, -0.05) is 0 Å². The average Bonchev–Trinajstić information content (AvgIpc) is 0. The van der Waals surface area contributed by atoms with Crippen LogP contribution in [0.3, 0.4) is 0 Å². The van der Waals surface area contributed by atoms with Crippen molar-refractivity contribution in [3.8, 4) is 0 Å². The molecule has 0 saturated heterocycles. The molecular formula is H2F2MnO. The van der Waals surface area contributed by atoms with E-state index in [1.807, 2.05) is 0 Å². The zero-order valence-corrected chi connectivity index (χ0v) is 2.81. The first-order valence-corrected chi connectivity index (χ1v) is 0. The largest absolute Gasteiger partial charge is 2.00 e. The van der Waals surface area contributed by atoms with Crippen molar-refractivity contribution in [3.05, 3.63) is 0 Å². The van der Waals surface area contributed by atoms with Crippen molar-refractivity contribution in [2.45, 2.75) is 0 Å². The summed E-state index contributed by atoms with van der Waals surface area (Å²) in [7, 11) is 0. The maximum atomic E-state index is 0. The van der Waals surface area contributed by atoms with Gasteiger partial charge >= 0.3 is 17.1 Å². The molecule has 29 valence electrons. The van der Waals surface area contributed by atoms with Gasteiger partial charge in [0.25, 0.3) is 0 Å². The normalized spacial score (nSPS) is 0. The predicted molar refractivity (Wildman–Crippen MR) is 3.61 cm³/mol. The van der Waals surface area contributed by atoms with Crippen molar-refractivity contribution in [2.24, 2.45) is 0 Å².